The van der Waals surface area contributed by atoms with Crippen molar-refractivity contribution in [3.05, 3.63) is 218 Å². The number of nitrogens with zero attached hydrogens (tertiary/aromatic N) is 6. The van der Waals surface area contributed by atoms with Gasteiger partial charge in [0.05, 0.1) is 55.5 Å². The molecule has 6 nitrogen and oxygen atoms in total. The maximum Gasteiger partial charge on any atom is 0.237 e. The second-order valence-corrected chi connectivity index (χ2v) is 16.6. The van der Waals surface area contributed by atoms with Gasteiger partial charge in [-0.25, -0.2) is 4.98 Å². The van der Waals surface area contributed by atoms with Crippen LogP contribution in [0.15, 0.2) is 218 Å². The van der Waals surface area contributed by atoms with E-state index in [1.165, 1.54) is 26.9 Å². The van der Waals surface area contributed by atoms with E-state index in [1.807, 2.05) is 0 Å². The van der Waals surface area contributed by atoms with E-state index in [0.29, 0.717) is 5.95 Å². The highest BCUT2D eigenvalue weighted by atomic mass is 15.2. The van der Waals surface area contributed by atoms with E-state index in [2.05, 4.69) is 237 Å². The van der Waals surface area contributed by atoms with Gasteiger partial charge in [0.1, 0.15) is 5.82 Å². The van der Waals surface area contributed by atoms with Crippen LogP contribution in [0.25, 0.3) is 122 Å². The first-order chi connectivity index (χ1) is 31.8. The second-order valence-electron chi connectivity index (χ2n) is 16.6. The Hall–Kier alpha value is -8.74. The Kier molecular flexibility index (Phi) is 7.30. The first-order valence-corrected chi connectivity index (χ1v) is 21.8. The van der Waals surface area contributed by atoms with E-state index in [-0.39, 0.29) is 0 Å². The second kappa shape index (κ2) is 13.4. The molecule has 0 amide bonds. The van der Waals surface area contributed by atoms with Gasteiger partial charge in [0, 0.05) is 60.4 Å². The molecule has 0 radical (unpaired) electrons. The first-order valence-electron chi connectivity index (χ1n) is 21.8. The summed E-state index contributed by atoms with van der Waals surface area (Å²) in [7, 11) is 0. The zero-order valence-corrected chi connectivity index (χ0v) is 34.5. The van der Waals surface area contributed by atoms with E-state index in [0.717, 1.165) is 88.7 Å². The quantitative estimate of drug-likeness (QED) is 0.174. The molecule has 0 saturated carbocycles. The highest BCUT2D eigenvalue weighted by Crippen LogP contribution is 2.45. The first kappa shape index (κ1) is 34.9. The molecule has 0 unspecified atom stereocenters. The Morgan fingerprint density at radius 1 is 0.281 bits per heavy atom. The predicted molar refractivity (Wildman–Crippen MR) is 265 cm³/mol. The molecule has 14 aromatic rings. The van der Waals surface area contributed by atoms with Gasteiger partial charge in [0.25, 0.3) is 0 Å². The third-order valence-electron chi connectivity index (χ3n) is 13.2. The Morgan fingerprint density at radius 2 is 0.656 bits per heavy atom. The average molecular weight is 817 g/mol. The summed E-state index contributed by atoms with van der Waals surface area (Å²) in [6.45, 7) is 0. The minimum atomic E-state index is 0.597. The van der Waals surface area contributed by atoms with Gasteiger partial charge in [-0.05, 0) is 60.7 Å². The molecule has 0 fully saturated rings. The van der Waals surface area contributed by atoms with Crippen LogP contribution in [0.1, 0.15) is 0 Å². The summed E-state index contributed by atoms with van der Waals surface area (Å²) < 4.78 is 9.44. The molecule has 5 aromatic heterocycles. The maximum atomic E-state index is 5.81. The summed E-state index contributed by atoms with van der Waals surface area (Å²) in [5, 5.41) is 9.39. The van der Waals surface area contributed by atoms with Crippen LogP contribution < -0.4 is 0 Å². The maximum absolute atomic E-state index is 5.81. The van der Waals surface area contributed by atoms with Gasteiger partial charge in [-0.2, -0.15) is 4.98 Å². The summed E-state index contributed by atoms with van der Waals surface area (Å²) in [5.74, 6) is 1.38. The van der Waals surface area contributed by atoms with Crippen molar-refractivity contribution >= 4 is 87.2 Å². The fourth-order valence-corrected chi connectivity index (χ4v) is 10.6. The molecule has 0 bridgehead atoms. The topological polar surface area (TPSA) is 45.5 Å². The van der Waals surface area contributed by atoms with E-state index >= 15 is 0 Å². The minimum absolute atomic E-state index is 0.597. The van der Waals surface area contributed by atoms with Crippen LogP contribution in [0.2, 0.25) is 0 Å². The number of hydrogen-bond donors (Lipinski definition) is 0. The zero-order valence-electron chi connectivity index (χ0n) is 34.5. The van der Waals surface area contributed by atoms with E-state index in [9.17, 15) is 0 Å². The van der Waals surface area contributed by atoms with Crippen molar-refractivity contribution in [3.63, 3.8) is 0 Å². The SMILES string of the molecule is c1ccc(-n2c3ccccc3c3ccc(-n4c5ccccc5c5ccccc54)c(-c4cc(-n5c6ccccc6c6ccccc65)nc(-n5c6ccccc6c6ccccc65)n4)c32)cc1. The molecule has 0 N–H and O–H groups in total. The third-order valence-corrected chi connectivity index (χ3v) is 13.2. The van der Waals surface area contributed by atoms with Gasteiger partial charge in [0.15, 0.2) is 0 Å². The lowest BCUT2D eigenvalue weighted by molar-refractivity contribution is 0.951. The largest absolute Gasteiger partial charge is 0.308 e. The number of rotatable bonds is 5. The molecule has 298 valence electrons. The molecule has 0 aliphatic rings. The van der Waals surface area contributed by atoms with Crippen molar-refractivity contribution in [1.29, 1.82) is 0 Å². The van der Waals surface area contributed by atoms with Crippen molar-refractivity contribution < 1.29 is 0 Å². The number of aromatic nitrogens is 6. The Balaban J connectivity index is 1.21. The van der Waals surface area contributed by atoms with Crippen LogP contribution in [0.3, 0.4) is 0 Å². The van der Waals surface area contributed by atoms with Crippen molar-refractivity contribution in [2.24, 2.45) is 0 Å². The molecular weight excluding hydrogens is 781 g/mol. The molecule has 5 heterocycles. The lowest BCUT2D eigenvalue weighted by atomic mass is 10.0. The molecule has 9 aromatic carbocycles. The minimum Gasteiger partial charge on any atom is -0.308 e. The van der Waals surface area contributed by atoms with Gasteiger partial charge >= 0.3 is 0 Å². The molecule has 0 atom stereocenters. The lowest BCUT2D eigenvalue weighted by Crippen LogP contribution is -2.09. The summed E-state index contributed by atoms with van der Waals surface area (Å²) in [6.07, 6.45) is 0. The summed E-state index contributed by atoms with van der Waals surface area (Å²) in [4.78, 5) is 11.5. The fourth-order valence-electron chi connectivity index (χ4n) is 10.6. The Bertz CT molecular complexity index is 3910. The van der Waals surface area contributed by atoms with Crippen LogP contribution in [0, 0.1) is 0 Å². The van der Waals surface area contributed by atoms with Crippen molar-refractivity contribution in [3.8, 4) is 34.4 Å². The van der Waals surface area contributed by atoms with Crippen LogP contribution in [0.5, 0.6) is 0 Å². The Labute approximate surface area is 366 Å². The number of hydrogen-bond acceptors (Lipinski definition) is 2. The van der Waals surface area contributed by atoms with Crippen LogP contribution in [-0.4, -0.2) is 28.2 Å². The molecule has 0 aliphatic heterocycles. The van der Waals surface area contributed by atoms with Crippen LogP contribution >= 0.6 is 0 Å². The highest BCUT2D eigenvalue weighted by molar-refractivity contribution is 6.17. The van der Waals surface area contributed by atoms with E-state index < -0.39 is 0 Å². The molecule has 0 spiro atoms. The predicted octanol–water partition coefficient (Wildman–Crippen LogP) is 14.5. The van der Waals surface area contributed by atoms with E-state index in [1.54, 1.807) is 0 Å². The van der Waals surface area contributed by atoms with Gasteiger partial charge in [0.2, 0.25) is 5.95 Å². The van der Waals surface area contributed by atoms with Crippen molar-refractivity contribution in [2.75, 3.05) is 0 Å². The lowest BCUT2D eigenvalue weighted by Gasteiger charge is -2.19. The molecular formula is C58H36N6. The van der Waals surface area contributed by atoms with E-state index in [4.69, 9.17) is 9.97 Å². The molecule has 64 heavy (non-hydrogen) atoms. The average Bonchev–Trinajstić information content (AvgIpc) is 4.09. The van der Waals surface area contributed by atoms with Crippen LogP contribution in [-0.2, 0) is 0 Å². The molecule has 14 rings (SSSR count). The van der Waals surface area contributed by atoms with Crippen molar-refractivity contribution in [2.45, 2.75) is 0 Å². The Morgan fingerprint density at radius 3 is 1.12 bits per heavy atom. The highest BCUT2D eigenvalue weighted by Gasteiger charge is 2.26. The number of fused-ring (bicyclic) bond motifs is 12. The number of benzene rings is 9. The summed E-state index contributed by atoms with van der Waals surface area (Å²) in [5.41, 5.74) is 12.7. The smallest absolute Gasteiger partial charge is 0.237 e. The van der Waals surface area contributed by atoms with Gasteiger partial charge in [-0.15, -0.1) is 0 Å². The van der Waals surface area contributed by atoms with Gasteiger partial charge < -0.3 is 9.13 Å². The van der Waals surface area contributed by atoms with Crippen LogP contribution in [0.4, 0.5) is 0 Å². The molecule has 0 saturated heterocycles. The standard InChI is InChI=1S/C58H36N6/c1-2-18-37(19-3-1)61-47-27-11-10-26-44(47)45-34-35-54(62-48-28-12-4-20-38(48)39-21-5-13-29-49(39)62)56(57(45)61)46-36-55(63-50-30-14-6-22-40(50)41-23-7-15-31-51(41)63)60-58(59-46)64-52-32-16-8-24-42(52)43-25-9-17-33-53(43)64/h1-36H. The molecule has 6 heteroatoms. The molecule has 0 aliphatic carbocycles. The third kappa shape index (κ3) is 4.85. The summed E-state index contributed by atoms with van der Waals surface area (Å²) >= 11 is 0. The monoisotopic (exact) mass is 816 g/mol. The summed E-state index contributed by atoms with van der Waals surface area (Å²) in [6, 6.07) is 78.3. The number of para-hydroxylation sites is 8. The van der Waals surface area contributed by atoms with Gasteiger partial charge in [-0.3, -0.25) is 9.13 Å². The fraction of sp³-hybridized carbons (Fsp3) is 0. The van der Waals surface area contributed by atoms with Gasteiger partial charge in [-0.1, -0.05) is 152 Å². The normalized spacial score (nSPS) is 12.1. The van der Waals surface area contributed by atoms with Crippen molar-refractivity contribution in [1.82, 2.24) is 28.2 Å². The zero-order chi connectivity index (χ0) is 41.9.